The number of carboxylic acids is 1. The minimum atomic E-state index is -0.992. The Balaban J connectivity index is 2.23. The molecule has 1 heterocycles. The van der Waals surface area contributed by atoms with Crippen molar-refractivity contribution in [3.05, 3.63) is 42.1 Å². The Morgan fingerprint density at radius 3 is 2.56 bits per heavy atom. The summed E-state index contributed by atoms with van der Waals surface area (Å²) in [5, 5.41) is 8.55. The lowest BCUT2D eigenvalue weighted by atomic mass is 10.1. The van der Waals surface area contributed by atoms with Gasteiger partial charge in [-0.05, 0) is 50.1 Å². The first-order valence-corrected chi connectivity index (χ1v) is 7.84. The van der Waals surface area contributed by atoms with Crippen LogP contribution in [0, 0.1) is 11.6 Å². The maximum atomic E-state index is 14.2. The van der Waals surface area contributed by atoms with Gasteiger partial charge in [-0.15, -0.1) is 0 Å². The number of halogens is 2. The minimum Gasteiger partial charge on any atom is -0.488 e. The van der Waals surface area contributed by atoms with E-state index >= 15 is 0 Å². The fraction of sp³-hybridized carbons (Fsp3) is 0.333. The van der Waals surface area contributed by atoms with E-state index in [9.17, 15) is 13.6 Å². The third kappa shape index (κ3) is 5.14. The molecule has 1 aromatic heterocycles. The Kier molecular flexibility index (Phi) is 6.27. The van der Waals surface area contributed by atoms with Crippen LogP contribution in [0.2, 0.25) is 0 Å². The zero-order valence-corrected chi connectivity index (χ0v) is 14.0. The van der Waals surface area contributed by atoms with Gasteiger partial charge >= 0.3 is 5.97 Å². The summed E-state index contributed by atoms with van der Waals surface area (Å²) in [6.07, 6.45) is 1.42. The van der Waals surface area contributed by atoms with Crippen molar-refractivity contribution in [2.24, 2.45) is 0 Å². The normalized spacial score (nSPS) is 10.8. The first-order valence-electron chi connectivity index (χ1n) is 7.84. The average molecular weight is 351 g/mol. The summed E-state index contributed by atoms with van der Waals surface area (Å²) in [4.78, 5) is 14.5. The molecular weight excluding hydrogens is 332 g/mol. The topological polar surface area (TPSA) is 68.7 Å². The molecule has 2 aromatic rings. The lowest BCUT2D eigenvalue weighted by molar-refractivity contribution is -0.137. The van der Waals surface area contributed by atoms with Gasteiger partial charge < -0.3 is 14.6 Å². The van der Waals surface area contributed by atoms with Crippen LogP contribution >= 0.6 is 0 Å². The molecule has 134 valence electrons. The van der Waals surface area contributed by atoms with Crippen LogP contribution < -0.4 is 9.47 Å². The van der Waals surface area contributed by atoms with Crippen molar-refractivity contribution in [2.75, 3.05) is 6.61 Å². The fourth-order valence-electron chi connectivity index (χ4n) is 2.18. The van der Waals surface area contributed by atoms with Gasteiger partial charge in [0.05, 0.1) is 12.7 Å². The molecule has 0 unspecified atom stereocenters. The van der Waals surface area contributed by atoms with Crippen molar-refractivity contribution in [3.8, 4) is 22.8 Å². The number of carbonyl (C=O) groups is 1. The molecule has 0 spiro atoms. The van der Waals surface area contributed by atoms with E-state index in [2.05, 4.69) is 4.98 Å². The Hall–Kier alpha value is -2.70. The summed E-state index contributed by atoms with van der Waals surface area (Å²) in [6, 6.07) is 5.58. The van der Waals surface area contributed by atoms with Crippen molar-refractivity contribution in [3.63, 3.8) is 0 Å². The Bertz CT molecular complexity index is 727. The van der Waals surface area contributed by atoms with E-state index < -0.39 is 23.4 Å². The molecule has 5 nitrogen and oxygen atoms in total. The molecule has 0 fully saturated rings. The molecular formula is C18H19F2NO4. The molecule has 7 heteroatoms. The van der Waals surface area contributed by atoms with E-state index in [1.165, 1.54) is 6.20 Å². The second-order valence-electron chi connectivity index (χ2n) is 5.64. The van der Waals surface area contributed by atoms with Gasteiger partial charge in [0.25, 0.3) is 0 Å². The predicted molar refractivity (Wildman–Crippen MR) is 87.7 cm³/mol. The smallest absolute Gasteiger partial charge is 0.303 e. The number of hydrogen-bond acceptors (Lipinski definition) is 4. The summed E-state index contributed by atoms with van der Waals surface area (Å²) < 4.78 is 39.1. The van der Waals surface area contributed by atoms with E-state index in [0.29, 0.717) is 5.56 Å². The standard InChI is InChI=1S/C18H19F2NO4/c1-11(2)25-18-13(5-3-7-21-18)12-9-14(19)17(15(20)10-12)24-8-4-6-16(22)23/h3,5,7,9-11H,4,6,8H2,1-2H3,(H,22,23). The monoisotopic (exact) mass is 351 g/mol. The van der Waals surface area contributed by atoms with E-state index in [1.54, 1.807) is 12.1 Å². The van der Waals surface area contributed by atoms with Gasteiger partial charge in [0.2, 0.25) is 5.88 Å². The van der Waals surface area contributed by atoms with Crippen molar-refractivity contribution >= 4 is 5.97 Å². The number of hydrogen-bond donors (Lipinski definition) is 1. The number of rotatable bonds is 8. The van der Waals surface area contributed by atoms with E-state index in [4.69, 9.17) is 14.6 Å². The van der Waals surface area contributed by atoms with Crippen LogP contribution in [0.25, 0.3) is 11.1 Å². The van der Waals surface area contributed by atoms with Crippen LogP contribution in [0.15, 0.2) is 30.5 Å². The lowest BCUT2D eigenvalue weighted by Crippen LogP contribution is -2.08. The van der Waals surface area contributed by atoms with Gasteiger partial charge in [-0.1, -0.05) is 0 Å². The molecule has 0 saturated carbocycles. The number of aliphatic carboxylic acids is 1. The van der Waals surface area contributed by atoms with Crippen LogP contribution in [-0.2, 0) is 4.79 Å². The molecule has 1 aromatic carbocycles. The second kappa shape index (κ2) is 8.41. The van der Waals surface area contributed by atoms with Gasteiger partial charge in [0, 0.05) is 18.2 Å². The van der Waals surface area contributed by atoms with E-state index in [-0.39, 0.29) is 37.0 Å². The summed E-state index contributed by atoms with van der Waals surface area (Å²) in [7, 11) is 0. The van der Waals surface area contributed by atoms with Gasteiger partial charge in [0.1, 0.15) is 0 Å². The second-order valence-corrected chi connectivity index (χ2v) is 5.64. The summed E-state index contributed by atoms with van der Waals surface area (Å²) in [5.74, 6) is -2.97. The highest BCUT2D eigenvalue weighted by molar-refractivity contribution is 5.69. The highest BCUT2D eigenvalue weighted by atomic mass is 19.1. The van der Waals surface area contributed by atoms with Crippen LogP contribution in [0.5, 0.6) is 11.6 Å². The van der Waals surface area contributed by atoms with Crippen molar-refractivity contribution in [1.29, 1.82) is 0 Å². The fourth-order valence-corrected chi connectivity index (χ4v) is 2.18. The molecule has 0 aliphatic carbocycles. The Morgan fingerprint density at radius 2 is 1.96 bits per heavy atom. The highest BCUT2D eigenvalue weighted by Gasteiger charge is 2.17. The first kappa shape index (κ1) is 18.6. The maximum absolute atomic E-state index is 14.2. The quantitative estimate of drug-likeness (QED) is 0.727. The molecule has 2 rings (SSSR count). The van der Waals surface area contributed by atoms with Crippen LogP contribution in [0.1, 0.15) is 26.7 Å². The van der Waals surface area contributed by atoms with Gasteiger partial charge in [-0.2, -0.15) is 0 Å². The van der Waals surface area contributed by atoms with Crippen LogP contribution in [0.4, 0.5) is 8.78 Å². The number of benzene rings is 1. The summed E-state index contributed by atoms with van der Waals surface area (Å²) >= 11 is 0. The van der Waals surface area contributed by atoms with E-state index in [1.807, 2.05) is 13.8 Å². The van der Waals surface area contributed by atoms with E-state index in [0.717, 1.165) is 12.1 Å². The molecule has 0 atom stereocenters. The maximum Gasteiger partial charge on any atom is 0.303 e. The molecule has 0 amide bonds. The number of carboxylic acid groups (broad SMARTS) is 1. The van der Waals surface area contributed by atoms with Gasteiger partial charge in [0.15, 0.2) is 17.4 Å². The van der Waals surface area contributed by atoms with Gasteiger partial charge in [-0.25, -0.2) is 13.8 Å². The third-order valence-electron chi connectivity index (χ3n) is 3.21. The summed E-state index contributed by atoms with van der Waals surface area (Å²) in [6.45, 7) is 3.56. The predicted octanol–water partition coefficient (Wildman–Crippen LogP) is 4.06. The zero-order valence-electron chi connectivity index (χ0n) is 14.0. The van der Waals surface area contributed by atoms with Crippen LogP contribution in [-0.4, -0.2) is 28.8 Å². The lowest BCUT2D eigenvalue weighted by Gasteiger charge is -2.14. The molecule has 1 N–H and O–H groups in total. The SMILES string of the molecule is CC(C)Oc1ncccc1-c1cc(F)c(OCCCC(=O)O)c(F)c1. The molecule has 0 bridgehead atoms. The number of pyridine rings is 1. The number of nitrogens with zero attached hydrogens (tertiary/aromatic N) is 1. The Morgan fingerprint density at radius 1 is 1.28 bits per heavy atom. The molecule has 0 saturated heterocycles. The van der Waals surface area contributed by atoms with Crippen LogP contribution in [0.3, 0.4) is 0 Å². The minimum absolute atomic E-state index is 0.0892. The third-order valence-corrected chi connectivity index (χ3v) is 3.21. The van der Waals surface area contributed by atoms with Crippen molar-refractivity contribution in [1.82, 2.24) is 4.98 Å². The van der Waals surface area contributed by atoms with Gasteiger partial charge in [-0.3, -0.25) is 4.79 Å². The number of aromatic nitrogens is 1. The largest absolute Gasteiger partial charge is 0.488 e. The molecule has 0 aliphatic rings. The summed E-state index contributed by atoms with van der Waals surface area (Å²) in [5.41, 5.74) is 0.739. The zero-order chi connectivity index (χ0) is 18.4. The molecule has 0 aliphatic heterocycles. The molecule has 0 radical (unpaired) electrons. The van der Waals surface area contributed by atoms with Crippen molar-refractivity contribution in [2.45, 2.75) is 32.8 Å². The average Bonchev–Trinajstić information content (AvgIpc) is 2.53. The highest BCUT2D eigenvalue weighted by Crippen LogP contribution is 2.33. The van der Waals surface area contributed by atoms with Crippen molar-refractivity contribution < 1.29 is 28.2 Å². The molecule has 25 heavy (non-hydrogen) atoms. The number of ether oxygens (including phenoxy) is 2. The Labute approximate surface area is 144 Å². The first-order chi connectivity index (χ1) is 11.9.